The molecule has 0 aromatic carbocycles. The molecular formula is C13H18ClF3O2. The lowest BCUT2D eigenvalue weighted by molar-refractivity contribution is -0.120. The van der Waals surface area contributed by atoms with E-state index in [-0.39, 0.29) is 5.03 Å². The van der Waals surface area contributed by atoms with Crippen molar-refractivity contribution in [3.05, 3.63) is 34.9 Å². The van der Waals surface area contributed by atoms with Crippen molar-refractivity contribution in [1.29, 1.82) is 0 Å². The van der Waals surface area contributed by atoms with Gasteiger partial charge in [-0.3, -0.25) is 4.79 Å². The summed E-state index contributed by atoms with van der Waals surface area (Å²) in [7, 11) is 1.22. The van der Waals surface area contributed by atoms with Crippen LogP contribution in [0.4, 0.5) is 13.2 Å². The van der Waals surface area contributed by atoms with Gasteiger partial charge in [-0.25, -0.2) is 0 Å². The fourth-order valence-electron chi connectivity index (χ4n) is 0.962. The molecule has 0 rings (SSSR count). The van der Waals surface area contributed by atoms with Gasteiger partial charge < -0.3 is 4.74 Å². The van der Waals surface area contributed by atoms with Gasteiger partial charge in [-0.1, -0.05) is 32.0 Å². The number of methoxy groups -OCH3 is 1. The number of carbonyl (C=O) groups excluding carboxylic acids is 1. The van der Waals surface area contributed by atoms with E-state index in [4.69, 9.17) is 11.6 Å². The topological polar surface area (TPSA) is 26.3 Å². The van der Waals surface area contributed by atoms with Gasteiger partial charge in [-0.15, -0.1) is 0 Å². The van der Waals surface area contributed by atoms with Crippen molar-refractivity contribution in [1.82, 2.24) is 0 Å². The Bertz CT molecular complexity index is 369. The van der Waals surface area contributed by atoms with Gasteiger partial charge in [-0.05, 0) is 19.1 Å². The molecule has 0 aliphatic heterocycles. The molecule has 0 aromatic rings. The highest BCUT2D eigenvalue weighted by Crippen LogP contribution is 2.28. The number of carbonyl (C=O) groups is 1. The monoisotopic (exact) mass is 298 g/mol. The standard InChI is InChI=1S/C11H12ClF3O2.C2H6/c1-7(12)4-5-9(10(16)6-17-3)8(2)11(13,14)15;1-2/h4-5H,1,6H2,2-3H3;1-2H3/b5-4-,9-8-;. The van der Waals surface area contributed by atoms with Crippen LogP contribution >= 0.6 is 11.6 Å². The van der Waals surface area contributed by atoms with Crippen molar-refractivity contribution in [2.75, 3.05) is 13.7 Å². The summed E-state index contributed by atoms with van der Waals surface area (Å²) in [5.41, 5.74) is -1.48. The zero-order valence-electron chi connectivity index (χ0n) is 11.4. The van der Waals surface area contributed by atoms with Crippen LogP contribution in [0.25, 0.3) is 0 Å². The maximum Gasteiger partial charge on any atom is 0.413 e. The molecule has 0 aliphatic rings. The quantitative estimate of drug-likeness (QED) is 0.555. The van der Waals surface area contributed by atoms with Gasteiger partial charge in [0.2, 0.25) is 0 Å². The molecule has 0 bridgehead atoms. The van der Waals surface area contributed by atoms with Gasteiger partial charge in [0.25, 0.3) is 0 Å². The summed E-state index contributed by atoms with van der Waals surface area (Å²) in [4.78, 5) is 11.4. The lowest BCUT2D eigenvalue weighted by Crippen LogP contribution is -2.17. The number of ether oxygens (including phenoxy) is 1. The second kappa shape index (κ2) is 9.81. The summed E-state index contributed by atoms with van der Waals surface area (Å²) in [6.45, 7) is 7.68. The molecule has 0 atom stereocenters. The third kappa shape index (κ3) is 8.61. The van der Waals surface area contributed by atoms with E-state index >= 15 is 0 Å². The lowest BCUT2D eigenvalue weighted by atomic mass is 10.0. The molecule has 0 heterocycles. The Balaban J connectivity index is 0. The molecule has 0 saturated carbocycles. The van der Waals surface area contributed by atoms with Crippen LogP contribution in [0, 0.1) is 0 Å². The van der Waals surface area contributed by atoms with E-state index in [1.807, 2.05) is 13.8 Å². The normalized spacial score (nSPS) is 12.6. The van der Waals surface area contributed by atoms with Crippen molar-refractivity contribution < 1.29 is 22.7 Å². The van der Waals surface area contributed by atoms with Crippen LogP contribution in [-0.2, 0) is 9.53 Å². The van der Waals surface area contributed by atoms with Gasteiger partial charge in [-0.2, -0.15) is 13.2 Å². The van der Waals surface area contributed by atoms with Crippen molar-refractivity contribution in [2.24, 2.45) is 0 Å². The maximum atomic E-state index is 12.5. The van der Waals surface area contributed by atoms with E-state index in [1.54, 1.807) is 0 Å². The molecule has 0 saturated heterocycles. The highest BCUT2D eigenvalue weighted by atomic mass is 35.5. The van der Waals surface area contributed by atoms with Gasteiger partial charge in [0.05, 0.1) is 0 Å². The summed E-state index contributed by atoms with van der Waals surface area (Å²) in [5.74, 6) is -0.767. The molecule has 0 amide bonds. The van der Waals surface area contributed by atoms with E-state index < -0.39 is 29.7 Å². The van der Waals surface area contributed by atoms with Crippen LogP contribution in [0.5, 0.6) is 0 Å². The molecular weight excluding hydrogens is 281 g/mol. The van der Waals surface area contributed by atoms with Gasteiger partial charge in [0.1, 0.15) is 6.61 Å². The molecule has 0 N–H and O–H groups in total. The third-order valence-electron chi connectivity index (χ3n) is 1.84. The first-order valence-electron chi connectivity index (χ1n) is 5.52. The smallest absolute Gasteiger partial charge is 0.377 e. The minimum Gasteiger partial charge on any atom is -0.377 e. The Morgan fingerprint density at radius 3 is 2.11 bits per heavy atom. The summed E-state index contributed by atoms with van der Waals surface area (Å²) in [6, 6.07) is 0. The van der Waals surface area contributed by atoms with E-state index in [1.165, 1.54) is 7.11 Å². The minimum absolute atomic E-state index is 0.0303. The van der Waals surface area contributed by atoms with Crippen LogP contribution in [0.1, 0.15) is 20.8 Å². The number of halogens is 4. The maximum absolute atomic E-state index is 12.5. The third-order valence-corrected chi connectivity index (χ3v) is 1.96. The summed E-state index contributed by atoms with van der Waals surface area (Å²) in [5, 5.41) is 0.0303. The van der Waals surface area contributed by atoms with Crippen LogP contribution in [-0.4, -0.2) is 25.7 Å². The molecule has 2 nitrogen and oxygen atoms in total. The highest BCUT2D eigenvalue weighted by Gasteiger charge is 2.33. The predicted molar refractivity (Wildman–Crippen MR) is 71.1 cm³/mol. The van der Waals surface area contributed by atoms with Crippen LogP contribution in [0.15, 0.2) is 34.9 Å². The van der Waals surface area contributed by atoms with Gasteiger partial charge in [0, 0.05) is 23.3 Å². The first-order valence-corrected chi connectivity index (χ1v) is 5.90. The molecule has 0 fully saturated rings. The van der Waals surface area contributed by atoms with Crippen molar-refractivity contribution in [3.63, 3.8) is 0 Å². The molecule has 0 aliphatic carbocycles. The number of hydrogen-bond donors (Lipinski definition) is 0. The van der Waals surface area contributed by atoms with Crippen LogP contribution in [0.3, 0.4) is 0 Å². The Morgan fingerprint density at radius 2 is 1.79 bits per heavy atom. The molecule has 19 heavy (non-hydrogen) atoms. The number of ketones is 1. The average Bonchev–Trinajstić information content (AvgIpc) is 2.30. The van der Waals surface area contributed by atoms with E-state index in [0.29, 0.717) is 0 Å². The van der Waals surface area contributed by atoms with Gasteiger partial charge >= 0.3 is 6.18 Å². The van der Waals surface area contributed by atoms with Crippen molar-refractivity contribution in [3.8, 4) is 0 Å². The first-order chi connectivity index (χ1) is 8.70. The second-order valence-electron chi connectivity index (χ2n) is 3.17. The summed E-state index contributed by atoms with van der Waals surface area (Å²) >= 11 is 5.39. The minimum atomic E-state index is -4.57. The lowest BCUT2D eigenvalue weighted by Gasteiger charge is -2.11. The molecule has 0 unspecified atom stereocenters. The molecule has 0 aromatic heterocycles. The predicted octanol–water partition coefficient (Wildman–Crippen LogP) is 4.42. The van der Waals surface area contributed by atoms with Crippen molar-refractivity contribution in [2.45, 2.75) is 26.9 Å². The fourth-order valence-corrected chi connectivity index (χ4v) is 1.03. The summed E-state index contributed by atoms with van der Waals surface area (Å²) < 4.78 is 42.0. The van der Waals surface area contributed by atoms with E-state index in [2.05, 4.69) is 11.3 Å². The Kier molecular flexibility index (Phi) is 10.5. The molecule has 0 radical (unpaired) electrons. The fraction of sp³-hybridized carbons (Fsp3) is 0.462. The van der Waals surface area contributed by atoms with E-state index in [0.717, 1.165) is 19.1 Å². The molecule has 6 heteroatoms. The van der Waals surface area contributed by atoms with E-state index in [9.17, 15) is 18.0 Å². The van der Waals surface area contributed by atoms with Crippen LogP contribution in [0.2, 0.25) is 0 Å². The molecule has 0 spiro atoms. The Morgan fingerprint density at radius 1 is 1.32 bits per heavy atom. The average molecular weight is 299 g/mol. The molecule has 110 valence electrons. The van der Waals surface area contributed by atoms with Crippen molar-refractivity contribution >= 4 is 17.4 Å². The number of alkyl halides is 3. The number of rotatable bonds is 5. The largest absolute Gasteiger partial charge is 0.413 e. The zero-order valence-corrected chi connectivity index (χ0v) is 12.2. The number of Topliss-reactive ketones (excluding diaryl/α,β-unsaturated/α-hetero) is 1. The number of allylic oxidation sites excluding steroid dienone is 4. The Hall–Kier alpha value is -1.07. The highest BCUT2D eigenvalue weighted by molar-refractivity contribution is 6.30. The first kappa shape index (κ1) is 20.3. The summed E-state index contributed by atoms with van der Waals surface area (Å²) in [6.07, 6.45) is -2.46. The number of hydrogen-bond acceptors (Lipinski definition) is 2. The van der Waals surface area contributed by atoms with Crippen LogP contribution < -0.4 is 0 Å². The second-order valence-corrected chi connectivity index (χ2v) is 3.66. The van der Waals surface area contributed by atoms with Gasteiger partial charge in [0.15, 0.2) is 5.78 Å². The zero-order chi connectivity index (χ0) is 15.6. The SMILES string of the molecule is C=C(Cl)/C=C\C(C(=O)COC)=C(/C)C(F)(F)F.CC. The Labute approximate surface area is 116 Å².